The minimum absolute atomic E-state index is 0.145. The van der Waals surface area contributed by atoms with Crippen molar-refractivity contribution >= 4 is 11.9 Å². The number of nitrogens with zero attached hydrogens (tertiary/aromatic N) is 4. The smallest absolute Gasteiger partial charge is 0.251 e. The molecule has 0 spiro atoms. The average molecular weight is 339 g/mol. The van der Waals surface area contributed by atoms with Crippen LogP contribution in [0.25, 0.3) is 11.4 Å². The Morgan fingerprint density at radius 3 is 2.72 bits per heavy atom. The van der Waals surface area contributed by atoms with E-state index >= 15 is 0 Å². The van der Waals surface area contributed by atoms with Crippen LogP contribution >= 0.6 is 0 Å². The van der Waals surface area contributed by atoms with Gasteiger partial charge in [-0.1, -0.05) is 17.3 Å². The van der Waals surface area contributed by atoms with Gasteiger partial charge in [0.15, 0.2) is 0 Å². The third-order valence-corrected chi connectivity index (χ3v) is 4.05. The van der Waals surface area contributed by atoms with Crippen molar-refractivity contribution in [2.24, 2.45) is 0 Å². The van der Waals surface area contributed by atoms with E-state index in [-0.39, 0.29) is 17.9 Å². The highest BCUT2D eigenvalue weighted by atomic mass is 16.5. The predicted octanol–water partition coefficient (Wildman–Crippen LogP) is 1.81. The fourth-order valence-corrected chi connectivity index (χ4v) is 2.45. The molecule has 2 heterocycles. The molecule has 2 aromatic heterocycles. The second-order valence-electron chi connectivity index (χ2n) is 6.08. The van der Waals surface area contributed by atoms with Crippen LogP contribution in [-0.2, 0) is 0 Å². The van der Waals surface area contributed by atoms with E-state index in [9.17, 15) is 4.79 Å². The maximum Gasteiger partial charge on any atom is 0.251 e. The van der Waals surface area contributed by atoms with Gasteiger partial charge in [-0.05, 0) is 31.9 Å². The molecular weight excluding hydrogens is 322 g/mol. The lowest BCUT2D eigenvalue weighted by Gasteiger charge is -2.11. The molecule has 128 valence electrons. The van der Waals surface area contributed by atoms with Crippen LogP contribution in [0.5, 0.6) is 0 Å². The van der Waals surface area contributed by atoms with E-state index in [1.807, 2.05) is 0 Å². The first-order valence-electron chi connectivity index (χ1n) is 8.03. The maximum atomic E-state index is 12.3. The maximum absolute atomic E-state index is 12.3. The quantitative estimate of drug-likeness (QED) is 0.645. The number of carbonyl (C=O) groups excluding carboxylic acids is 1. The number of rotatable bonds is 5. The Morgan fingerprint density at radius 2 is 2.08 bits per heavy atom. The summed E-state index contributed by atoms with van der Waals surface area (Å²) in [5.41, 5.74) is 6.80. The largest absolute Gasteiger partial charge is 0.367 e. The molecule has 1 amide bonds. The molecule has 1 aliphatic rings. The van der Waals surface area contributed by atoms with Crippen molar-refractivity contribution in [1.82, 2.24) is 30.6 Å². The highest BCUT2D eigenvalue weighted by Gasteiger charge is 2.29. The molecule has 9 heteroatoms. The third kappa shape index (κ3) is 3.21. The van der Waals surface area contributed by atoms with Crippen molar-refractivity contribution < 1.29 is 9.32 Å². The SMILES string of the molecule is CC(NC(=O)c1ccc(-c2noc(C3CC3)n2)cc1)c1nc(N)n[nH]1. The summed E-state index contributed by atoms with van der Waals surface area (Å²) in [7, 11) is 0. The summed E-state index contributed by atoms with van der Waals surface area (Å²) in [4.78, 5) is 20.7. The highest BCUT2D eigenvalue weighted by Crippen LogP contribution is 2.39. The number of carbonyl (C=O) groups is 1. The number of hydrogen-bond acceptors (Lipinski definition) is 7. The Balaban J connectivity index is 1.44. The summed E-state index contributed by atoms with van der Waals surface area (Å²) in [6, 6.07) is 6.70. The predicted molar refractivity (Wildman–Crippen MR) is 88.4 cm³/mol. The highest BCUT2D eigenvalue weighted by molar-refractivity contribution is 5.94. The first kappa shape index (κ1) is 15.3. The molecule has 3 aromatic rings. The Hall–Kier alpha value is -3.23. The number of nitrogens with one attached hydrogen (secondary N) is 2. The Bertz CT molecular complexity index is 895. The fourth-order valence-electron chi connectivity index (χ4n) is 2.45. The van der Waals surface area contributed by atoms with Crippen molar-refractivity contribution in [3.05, 3.63) is 41.5 Å². The molecule has 1 fully saturated rings. The van der Waals surface area contributed by atoms with Gasteiger partial charge in [0, 0.05) is 17.0 Å². The minimum atomic E-state index is -0.338. The number of nitrogen functional groups attached to an aromatic ring is 1. The van der Waals surface area contributed by atoms with Gasteiger partial charge in [0.25, 0.3) is 5.91 Å². The van der Waals surface area contributed by atoms with Gasteiger partial charge in [-0.3, -0.25) is 9.89 Å². The van der Waals surface area contributed by atoms with Gasteiger partial charge in [-0.2, -0.15) is 9.97 Å². The summed E-state index contributed by atoms with van der Waals surface area (Å²) < 4.78 is 5.26. The number of nitrogens with two attached hydrogens (primary N) is 1. The van der Waals surface area contributed by atoms with Gasteiger partial charge >= 0.3 is 0 Å². The lowest BCUT2D eigenvalue weighted by Crippen LogP contribution is -2.27. The van der Waals surface area contributed by atoms with Gasteiger partial charge in [0.1, 0.15) is 5.82 Å². The molecule has 9 nitrogen and oxygen atoms in total. The topological polar surface area (TPSA) is 136 Å². The summed E-state index contributed by atoms with van der Waals surface area (Å²) >= 11 is 0. The number of H-pyrrole nitrogens is 1. The zero-order valence-electron chi connectivity index (χ0n) is 13.6. The average Bonchev–Trinajstić information content (AvgIpc) is 3.18. The number of anilines is 1. The Labute approximate surface area is 143 Å². The summed E-state index contributed by atoms with van der Waals surface area (Å²) in [5.74, 6) is 2.07. The van der Waals surface area contributed by atoms with Gasteiger partial charge in [0.2, 0.25) is 17.7 Å². The zero-order chi connectivity index (χ0) is 17.4. The Morgan fingerprint density at radius 1 is 1.32 bits per heavy atom. The van der Waals surface area contributed by atoms with E-state index in [0.29, 0.717) is 29.0 Å². The molecule has 1 atom stereocenters. The number of aromatic nitrogens is 5. The summed E-state index contributed by atoms with van der Waals surface area (Å²) in [6.07, 6.45) is 2.21. The molecule has 0 bridgehead atoms. The lowest BCUT2D eigenvalue weighted by molar-refractivity contribution is 0.0938. The summed E-state index contributed by atoms with van der Waals surface area (Å²) in [5, 5.41) is 13.3. The van der Waals surface area contributed by atoms with Gasteiger partial charge in [-0.25, -0.2) is 0 Å². The Kier molecular flexibility index (Phi) is 3.68. The summed E-state index contributed by atoms with van der Waals surface area (Å²) in [6.45, 7) is 1.80. The van der Waals surface area contributed by atoms with Crippen molar-refractivity contribution in [2.45, 2.75) is 31.7 Å². The molecule has 25 heavy (non-hydrogen) atoms. The van der Waals surface area contributed by atoms with Crippen LogP contribution in [0, 0.1) is 0 Å². The monoisotopic (exact) mass is 339 g/mol. The van der Waals surface area contributed by atoms with Gasteiger partial charge in [-0.15, -0.1) is 5.10 Å². The van der Waals surface area contributed by atoms with E-state index in [0.717, 1.165) is 18.4 Å². The van der Waals surface area contributed by atoms with Crippen LogP contribution in [-0.4, -0.2) is 31.2 Å². The third-order valence-electron chi connectivity index (χ3n) is 4.05. The van der Waals surface area contributed by atoms with Crippen LogP contribution in [0.1, 0.15) is 53.8 Å². The van der Waals surface area contributed by atoms with Crippen molar-refractivity contribution in [3.63, 3.8) is 0 Å². The minimum Gasteiger partial charge on any atom is -0.367 e. The van der Waals surface area contributed by atoms with E-state index < -0.39 is 0 Å². The van der Waals surface area contributed by atoms with Gasteiger partial charge in [0.05, 0.1) is 6.04 Å². The van der Waals surface area contributed by atoms with Crippen LogP contribution < -0.4 is 11.1 Å². The number of aromatic amines is 1. The molecule has 4 N–H and O–H groups in total. The van der Waals surface area contributed by atoms with Gasteiger partial charge < -0.3 is 15.6 Å². The van der Waals surface area contributed by atoms with E-state index in [4.69, 9.17) is 10.3 Å². The van der Waals surface area contributed by atoms with E-state index in [1.165, 1.54) is 0 Å². The lowest BCUT2D eigenvalue weighted by atomic mass is 10.1. The standard InChI is InChI=1S/C16H17N7O2/c1-8(12-20-16(17)22-21-12)18-14(24)10-4-2-9(3-5-10)13-19-15(25-23-13)11-6-7-11/h2-5,8,11H,6-7H2,1H3,(H,18,24)(H3,17,20,21,22). The molecule has 1 unspecified atom stereocenters. The second-order valence-corrected chi connectivity index (χ2v) is 6.08. The van der Waals surface area contributed by atoms with E-state index in [2.05, 4.69) is 30.6 Å². The fraction of sp³-hybridized carbons (Fsp3) is 0.312. The second kappa shape index (κ2) is 6.00. The number of hydrogen-bond donors (Lipinski definition) is 3. The van der Waals surface area contributed by atoms with Crippen LogP contribution in [0.15, 0.2) is 28.8 Å². The first-order chi connectivity index (χ1) is 12.1. The molecular formula is C16H17N7O2. The van der Waals surface area contributed by atoms with Crippen LogP contribution in [0.2, 0.25) is 0 Å². The zero-order valence-corrected chi connectivity index (χ0v) is 13.6. The number of benzene rings is 1. The van der Waals surface area contributed by atoms with Crippen molar-refractivity contribution in [3.8, 4) is 11.4 Å². The molecule has 1 aliphatic carbocycles. The first-order valence-corrected chi connectivity index (χ1v) is 8.03. The van der Waals surface area contributed by atoms with E-state index in [1.54, 1.807) is 31.2 Å². The number of amides is 1. The van der Waals surface area contributed by atoms with Crippen molar-refractivity contribution in [2.75, 3.05) is 5.73 Å². The molecule has 0 saturated heterocycles. The van der Waals surface area contributed by atoms with Crippen LogP contribution in [0.3, 0.4) is 0 Å². The van der Waals surface area contributed by atoms with Crippen LogP contribution in [0.4, 0.5) is 5.95 Å². The normalized spacial score (nSPS) is 15.1. The molecule has 1 saturated carbocycles. The molecule has 4 rings (SSSR count). The molecule has 0 aliphatic heterocycles. The van der Waals surface area contributed by atoms with Crippen molar-refractivity contribution in [1.29, 1.82) is 0 Å². The molecule has 0 radical (unpaired) electrons. The molecule has 1 aromatic carbocycles.